The summed E-state index contributed by atoms with van der Waals surface area (Å²) in [7, 11) is 2.91. The normalized spacial score (nSPS) is 11.1. The molecule has 0 aliphatic carbocycles. The van der Waals surface area contributed by atoms with Crippen LogP contribution < -0.4 is 27.8 Å². The first-order chi connectivity index (χ1) is 13.8. The fourth-order valence-corrected chi connectivity index (χ4v) is 3.12. The Morgan fingerprint density at radius 3 is 2.41 bits per heavy atom. The van der Waals surface area contributed by atoms with Gasteiger partial charge in [-0.15, -0.1) is 0 Å². The quantitative estimate of drug-likeness (QED) is 0.430. The molecule has 0 atom stereocenters. The van der Waals surface area contributed by atoms with E-state index >= 15 is 0 Å². The van der Waals surface area contributed by atoms with E-state index in [0.717, 1.165) is 16.2 Å². The van der Waals surface area contributed by atoms with Gasteiger partial charge in [0, 0.05) is 20.2 Å². The highest BCUT2D eigenvalue weighted by Crippen LogP contribution is 2.20. The van der Waals surface area contributed by atoms with E-state index in [1.54, 1.807) is 4.57 Å². The number of fused-ring (bicyclic) bond motifs is 1. The van der Waals surface area contributed by atoms with Crippen LogP contribution in [0.15, 0.2) is 55.6 Å². The Morgan fingerprint density at radius 1 is 1.00 bits per heavy atom. The second-order valence-corrected chi connectivity index (χ2v) is 6.51. The summed E-state index contributed by atoms with van der Waals surface area (Å²) >= 11 is 0. The Labute approximate surface area is 161 Å². The smallest absolute Gasteiger partial charge is 0.311 e. The number of H-pyrrole nitrogens is 2. The summed E-state index contributed by atoms with van der Waals surface area (Å²) in [5, 5.41) is 2.87. The highest BCUT2D eigenvalue weighted by Gasteiger charge is 2.19. The van der Waals surface area contributed by atoms with E-state index in [4.69, 9.17) is 0 Å². The molecule has 11 nitrogen and oxygen atoms in total. The molecule has 0 radical (unpaired) electrons. The number of hydrogen-bond acceptors (Lipinski definition) is 6. The maximum absolute atomic E-state index is 12.8. The van der Waals surface area contributed by atoms with Crippen LogP contribution in [0.4, 0.5) is 11.8 Å². The van der Waals surface area contributed by atoms with Gasteiger partial charge in [0.05, 0.1) is 6.54 Å². The number of imidazole rings is 1. The number of nitrogens with zero attached hydrogens (tertiary/aromatic N) is 4. The molecule has 11 heteroatoms. The Hall–Kier alpha value is -4.15. The first kappa shape index (κ1) is 18.2. The second kappa shape index (κ2) is 6.78. The van der Waals surface area contributed by atoms with Crippen LogP contribution >= 0.6 is 0 Å². The van der Waals surface area contributed by atoms with Gasteiger partial charge in [0.2, 0.25) is 5.95 Å². The van der Waals surface area contributed by atoms with Crippen LogP contribution in [0.5, 0.6) is 0 Å². The lowest BCUT2D eigenvalue weighted by Gasteiger charge is -2.11. The van der Waals surface area contributed by atoms with Crippen molar-refractivity contribution in [2.45, 2.75) is 6.54 Å². The maximum Gasteiger partial charge on any atom is 0.332 e. The van der Waals surface area contributed by atoms with E-state index in [0.29, 0.717) is 0 Å². The monoisotopic (exact) mass is 395 g/mol. The molecule has 0 spiro atoms. The molecule has 0 aliphatic heterocycles. The van der Waals surface area contributed by atoms with E-state index in [1.165, 1.54) is 18.7 Å². The van der Waals surface area contributed by atoms with Crippen molar-refractivity contribution in [3.63, 3.8) is 0 Å². The minimum atomic E-state index is -0.686. The average Bonchev–Trinajstić information content (AvgIpc) is 3.03. The largest absolute Gasteiger partial charge is 0.332 e. The third-order valence-corrected chi connectivity index (χ3v) is 4.54. The Bertz CT molecular complexity index is 1430. The van der Waals surface area contributed by atoms with Gasteiger partial charge in [-0.25, -0.2) is 9.59 Å². The zero-order valence-electron chi connectivity index (χ0n) is 15.6. The number of aryl methyl sites for hydroxylation is 1. The van der Waals surface area contributed by atoms with Crippen LogP contribution in [-0.2, 0) is 20.6 Å². The number of aromatic amines is 2. The molecule has 29 heavy (non-hydrogen) atoms. The Balaban J connectivity index is 1.98. The first-order valence-electron chi connectivity index (χ1n) is 8.66. The summed E-state index contributed by atoms with van der Waals surface area (Å²) < 4.78 is 3.88. The molecule has 4 aromatic rings. The molecule has 0 bridgehead atoms. The third kappa shape index (κ3) is 3.18. The molecule has 4 rings (SSSR count). The van der Waals surface area contributed by atoms with Crippen LogP contribution in [0.3, 0.4) is 0 Å². The highest BCUT2D eigenvalue weighted by atomic mass is 16.2. The van der Waals surface area contributed by atoms with Crippen molar-refractivity contribution < 1.29 is 0 Å². The summed E-state index contributed by atoms with van der Waals surface area (Å²) in [6.45, 7) is 0.278. The molecular formula is C18H17N7O4. The van der Waals surface area contributed by atoms with E-state index in [9.17, 15) is 19.2 Å². The minimum absolute atomic E-state index is 0.102. The molecule has 0 fully saturated rings. The van der Waals surface area contributed by atoms with E-state index < -0.39 is 22.5 Å². The molecule has 148 valence electrons. The van der Waals surface area contributed by atoms with Gasteiger partial charge < -0.3 is 5.32 Å². The van der Waals surface area contributed by atoms with Crippen molar-refractivity contribution in [3.8, 4) is 0 Å². The molecule has 0 saturated carbocycles. The predicted octanol–water partition coefficient (Wildman–Crippen LogP) is -0.398. The van der Waals surface area contributed by atoms with Gasteiger partial charge in [0.1, 0.15) is 5.82 Å². The number of nitrogens with one attached hydrogen (secondary N) is 3. The number of anilines is 2. The first-order valence-corrected chi connectivity index (χ1v) is 8.66. The number of aromatic nitrogens is 6. The lowest BCUT2D eigenvalue weighted by Crippen LogP contribution is -2.37. The average molecular weight is 395 g/mol. The molecule has 0 amide bonds. The van der Waals surface area contributed by atoms with Gasteiger partial charge >= 0.3 is 11.4 Å². The fraction of sp³-hybridized carbons (Fsp3) is 0.167. The molecule has 0 saturated heterocycles. The lowest BCUT2D eigenvalue weighted by molar-refractivity contribution is 0.702. The fourth-order valence-electron chi connectivity index (χ4n) is 3.12. The summed E-state index contributed by atoms with van der Waals surface area (Å²) in [5.41, 5.74) is -0.997. The van der Waals surface area contributed by atoms with Crippen molar-refractivity contribution in [2.24, 2.45) is 14.1 Å². The van der Waals surface area contributed by atoms with Gasteiger partial charge in [-0.2, -0.15) is 4.98 Å². The summed E-state index contributed by atoms with van der Waals surface area (Å²) in [6, 6.07) is 10.5. The molecule has 1 aromatic carbocycles. The molecule has 0 aliphatic rings. The topological polar surface area (TPSA) is 140 Å². The lowest BCUT2D eigenvalue weighted by atomic mass is 10.2. The molecule has 3 heterocycles. The predicted molar refractivity (Wildman–Crippen MR) is 107 cm³/mol. The Kier molecular flexibility index (Phi) is 4.26. The van der Waals surface area contributed by atoms with Gasteiger partial charge in [-0.3, -0.25) is 33.3 Å². The van der Waals surface area contributed by atoms with Crippen molar-refractivity contribution in [1.29, 1.82) is 0 Å². The molecular weight excluding hydrogens is 378 g/mol. The van der Waals surface area contributed by atoms with Crippen molar-refractivity contribution in [2.75, 3.05) is 5.32 Å². The van der Waals surface area contributed by atoms with Crippen LogP contribution in [0.25, 0.3) is 11.2 Å². The van der Waals surface area contributed by atoms with E-state index in [-0.39, 0.29) is 29.5 Å². The second-order valence-electron chi connectivity index (χ2n) is 6.51. The number of hydrogen-bond donors (Lipinski definition) is 3. The van der Waals surface area contributed by atoms with Crippen LogP contribution in [0.1, 0.15) is 5.56 Å². The van der Waals surface area contributed by atoms with Crippen molar-refractivity contribution in [1.82, 2.24) is 28.7 Å². The summed E-state index contributed by atoms with van der Waals surface area (Å²) in [5.74, 6) is 0.300. The number of rotatable bonds is 4. The van der Waals surface area contributed by atoms with Gasteiger partial charge in [0.15, 0.2) is 11.2 Å². The SMILES string of the molecule is Cn1c(=O)c2c(nc(Nc3cc(=O)[nH]c(=O)[nH]3)n2Cc2ccccc2)n(C)c1=O. The zero-order chi connectivity index (χ0) is 20.7. The summed E-state index contributed by atoms with van der Waals surface area (Å²) in [6.07, 6.45) is 0. The standard InChI is InChI=1S/C18H17N7O4/c1-23-14-13(15(27)24(2)18(23)29)25(9-10-6-4-3-5-7-10)16(22-14)19-11-8-12(26)21-17(28)20-11/h3-8H,9H2,1-2H3,(H3,19,20,21,22,26,28). The van der Waals surface area contributed by atoms with Gasteiger partial charge in [-0.1, -0.05) is 30.3 Å². The van der Waals surface area contributed by atoms with Gasteiger partial charge in [-0.05, 0) is 5.56 Å². The number of benzene rings is 1. The van der Waals surface area contributed by atoms with E-state index in [2.05, 4.69) is 20.3 Å². The van der Waals surface area contributed by atoms with Crippen molar-refractivity contribution in [3.05, 3.63) is 83.6 Å². The Morgan fingerprint density at radius 2 is 1.72 bits per heavy atom. The maximum atomic E-state index is 12.8. The van der Waals surface area contributed by atoms with Crippen LogP contribution in [0, 0.1) is 0 Å². The summed E-state index contributed by atoms with van der Waals surface area (Å²) in [4.78, 5) is 57.2. The third-order valence-electron chi connectivity index (χ3n) is 4.54. The zero-order valence-corrected chi connectivity index (χ0v) is 15.6. The minimum Gasteiger partial charge on any atom is -0.311 e. The highest BCUT2D eigenvalue weighted by molar-refractivity contribution is 5.75. The van der Waals surface area contributed by atoms with Crippen LogP contribution in [-0.4, -0.2) is 28.7 Å². The van der Waals surface area contributed by atoms with Crippen molar-refractivity contribution >= 4 is 22.9 Å². The van der Waals surface area contributed by atoms with E-state index in [1.807, 2.05) is 30.3 Å². The molecule has 3 aromatic heterocycles. The van der Waals surface area contributed by atoms with Crippen LogP contribution in [0.2, 0.25) is 0 Å². The molecule has 0 unspecified atom stereocenters. The van der Waals surface area contributed by atoms with Gasteiger partial charge in [0.25, 0.3) is 11.1 Å². The molecule has 3 N–H and O–H groups in total.